The number of nitrogens with zero attached hydrogens (tertiary/aromatic N) is 3. The summed E-state index contributed by atoms with van der Waals surface area (Å²) in [6, 6.07) is 12.2. The van der Waals surface area contributed by atoms with E-state index in [1.807, 2.05) is 36.4 Å². The van der Waals surface area contributed by atoms with E-state index in [1.165, 1.54) is 5.56 Å². The van der Waals surface area contributed by atoms with Gasteiger partial charge in [-0.1, -0.05) is 11.8 Å². The van der Waals surface area contributed by atoms with Gasteiger partial charge < -0.3 is 14.2 Å². The molecule has 1 heterocycles. The van der Waals surface area contributed by atoms with Crippen molar-refractivity contribution in [3.8, 4) is 28.6 Å². The molecule has 0 fully saturated rings. The van der Waals surface area contributed by atoms with Crippen molar-refractivity contribution in [2.75, 3.05) is 21.3 Å². The standard InChI is InChI=1S/C22H27N3O3S/c1-14(2)25-21(16-7-9-18(26-4)10-8-16)23-24-22(25)29-13-17-12-20(28-6)19(27-5)11-15(17)3/h7-12,14H,13H2,1-6H3. The number of methoxy groups -OCH3 is 3. The third-order valence-corrected chi connectivity index (χ3v) is 5.72. The molecule has 2 aromatic carbocycles. The van der Waals surface area contributed by atoms with Crippen LogP contribution in [0.15, 0.2) is 41.6 Å². The van der Waals surface area contributed by atoms with Crippen LogP contribution in [0.2, 0.25) is 0 Å². The largest absolute Gasteiger partial charge is 0.497 e. The minimum absolute atomic E-state index is 0.233. The van der Waals surface area contributed by atoms with Crippen LogP contribution in [0, 0.1) is 6.92 Å². The van der Waals surface area contributed by atoms with Gasteiger partial charge in [-0.25, -0.2) is 0 Å². The zero-order chi connectivity index (χ0) is 21.0. The van der Waals surface area contributed by atoms with Crippen molar-refractivity contribution in [2.24, 2.45) is 0 Å². The Labute approximate surface area is 176 Å². The molecule has 0 spiro atoms. The molecule has 0 aliphatic carbocycles. The minimum Gasteiger partial charge on any atom is -0.497 e. The van der Waals surface area contributed by atoms with Crippen LogP contribution >= 0.6 is 11.8 Å². The van der Waals surface area contributed by atoms with Gasteiger partial charge in [0.25, 0.3) is 0 Å². The number of aromatic nitrogens is 3. The van der Waals surface area contributed by atoms with Crippen LogP contribution < -0.4 is 14.2 Å². The summed E-state index contributed by atoms with van der Waals surface area (Å²) in [4.78, 5) is 0. The zero-order valence-corrected chi connectivity index (χ0v) is 18.5. The van der Waals surface area contributed by atoms with Crippen molar-refractivity contribution in [1.82, 2.24) is 14.8 Å². The molecule has 1 aromatic heterocycles. The van der Waals surface area contributed by atoms with Crippen molar-refractivity contribution in [1.29, 1.82) is 0 Å². The number of ether oxygens (including phenoxy) is 3. The van der Waals surface area contributed by atoms with Gasteiger partial charge in [0.05, 0.1) is 21.3 Å². The molecule has 0 saturated heterocycles. The van der Waals surface area contributed by atoms with Crippen molar-refractivity contribution in [2.45, 2.75) is 37.7 Å². The van der Waals surface area contributed by atoms with Crippen LogP contribution in [0.5, 0.6) is 17.2 Å². The molecule has 3 aromatic rings. The van der Waals surface area contributed by atoms with Crippen LogP contribution in [0.3, 0.4) is 0 Å². The topological polar surface area (TPSA) is 58.4 Å². The summed E-state index contributed by atoms with van der Waals surface area (Å²) >= 11 is 1.67. The molecule has 0 saturated carbocycles. The summed E-state index contributed by atoms with van der Waals surface area (Å²) in [5.41, 5.74) is 3.35. The van der Waals surface area contributed by atoms with Gasteiger partial charge in [-0.05, 0) is 68.3 Å². The van der Waals surface area contributed by atoms with Crippen molar-refractivity contribution >= 4 is 11.8 Å². The first kappa shape index (κ1) is 21.0. The highest BCUT2D eigenvalue weighted by Gasteiger charge is 2.18. The zero-order valence-electron chi connectivity index (χ0n) is 17.7. The van der Waals surface area contributed by atoms with Crippen LogP contribution in [-0.4, -0.2) is 36.1 Å². The smallest absolute Gasteiger partial charge is 0.192 e. The van der Waals surface area contributed by atoms with E-state index in [0.29, 0.717) is 0 Å². The van der Waals surface area contributed by atoms with Crippen LogP contribution in [0.1, 0.15) is 31.0 Å². The monoisotopic (exact) mass is 413 g/mol. The van der Waals surface area contributed by atoms with E-state index < -0.39 is 0 Å². The fourth-order valence-electron chi connectivity index (χ4n) is 3.10. The van der Waals surface area contributed by atoms with E-state index in [0.717, 1.165) is 45.1 Å². The Kier molecular flexibility index (Phi) is 6.69. The average molecular weight is 414 g/mol. The molecule has 29 heavy (non-hydrogen) atoms. The maximum Gasteiger partial charge on any atom is 0.192 e. The molecule has 6 nitrogen and oxygen atoms in total. The third-order valence-electron chi connectivity index (χ3n) is 4.73. The molecule has 154 valence electrons. The van der Waals surface area contributed by atoms with Gasteiger partial charge >= 0.3 is 0 Å². The molecule has 3 rings (SSSR count). The number of aryl methyl sites for hydroxylation is 1. The number of benzene rings is 2. The van der Waals surface area contributed by atoms with E-state index in [9.17, 15) is 0 Å². The Hall–Kier alpha value is -2.67. The summed E-state index contributed by atoms with van der Waals surface area (Å²) in [6.45, 7) is 6.36. The molecular weight excluding hydrogens is 386 g/mol. The molecule has 0 atom stereocenters. The lowest BCUT2D eigenvalue weighted by Gasteiger charge is -2.15. The Balaban J connectivity index is 1.87. The van der Waals surface area contributed by atoms with Gasteiger partial charge in [0.15, 0.2) is 22.5 Å². The highest BCUT2D eigenvalue weighted by Crippen LogP contribution is 2.35. The summed E-state index contributed by atoms with van der Waals surface area (Å²) in [6.07, 6.45) is 0. The quantitative estimate of drug-likeness (QED) is 0.476. The lowest BCUT2D eigenvalue weighted by Crippen LogP contribution is -2.05. The van der Waals surface area contributed by atoms with Gasteiger partial charge in [0.1, 0.15) is 5.75 Å². The van der Waals surface area contributed by atoms with Crippen molar-refractivity contribution in [3.63, 3.8) is 0 Å². The predicted molar refractivity (Wildman–Crippen MR) is 116 cm³/mol. The second-order valence-electron chi connectivity index (χ2n) is 6.92. The molecule has 0 unspecified atom stereocenters. The fourth-order valence-corrected chi connectivity index (χ4v) is 4.23. The molecule has 0 N–H and O–H groups in total. The molecule has 0 aliphatic rings. The number of hydrogen-bond donors (Lipinski definition) is 0. The second kappa shape index (κ2) is 9.22. The van der Waals surface area contributed by atoms with Crippen LogP contribution in [0.25, 0.3) is 11.4 Å². The van der Waals surface area contributed by atoms with E-state index in [-0.39, 0.29) is 6.04 Å². The Morgan fingerprint density at radius 2 is 1.59 bits per heavy atom. The molecule has 0 radical (unpaired) electrons. The lowest BCUT2D eigenvalue weighted by molar-refractivity contribution is 0.354. The third kappa shape index (κ3) is 4.50. The van der Waals surface area contributed by atoms with E-state index >= 15 is 0 Å². The summed E-state index contributed by atoms with van der Waals surface area (Å²) in [5, 5.41) is 9.82. The van der Waals surface area contributed by atoms with E-state index in [2.05, 4.69) is 35.5 Å². The van der Waals surface area contributed by atoms with Gasteiger partial charge in [0, 0.05) is 17.4 Å². The molecular formula is C22H27N3O3S. The van der Waals surface area contributed by atoms with Crippen molar-refractivity contribution < 1.29 is 14.2 Å². The molecule has 7 heteroatoms. The SMILES string of the molecule is COc1ccc(-c2nnc(SCc3cc(OC)c(OC)cc3C)n2C(C)C)cc1. The summed E-state index contributed by atoms with van der Waals surface area (Å²) in [5.74, 6) is 3.92. The fraction of sp³-hybridized carbons (Fsp3) is 0.364. The molecule has 0 aliphatic heterocycles. The maximum atomic E-state index is 5.45. The molecule has 0 bridgehead atoms. The lowest BCUT2D eigenvalue weighted by atomic mass is 10.1. The van der Waals surface area contributed by atoms with Crippen LogP contribution in [0.4, 0.5) is 0 Å². The number of rotatable bonds is 8. The normalized spacial score (nSPS) is 11.0. The Morgan fingerprint density at radius 1 is 0.931 bits per heavy atom. The first-order chi connectivity index (χ1) is 14.0. The highest BCUT2D eigenvalue weighted by molar-refractivity contribution is 7.98. The number of thioether (sulfide) groups is 1. The van der Waals surface area contributed by atoms with E-state index in [1.54, 1.807) is 33.1 Å². The molecule has 0 amide bonds. The van der Waals surface area contributed by atoms with Gasteiger partial charge in [-0.3, -0.25) is 4.57 Å². The Bertz CT molecular complexity index is 968. The summed E-state index contributed by atoms with van der Waals surface area (Å²) < 4.78 is 18.3. The first-order valence-electron chi connectivity index (χ1n) is 9.42. The predicted octanol–water partition coefficient (Wildman–Crippen LogP) is 5.15. The highest BCUT2D eigenvalue weighted by atomic mass is 32.2. The van der Waals surface area contributed by atoms with Gasteiger partial charge in [-0.2, -0.15) is 0 Å². The van der Waals surface area contributed by atoms with Gasteiger partial charge in [-0.15, -0.1) is 10.2 Å². The maximum absolute atomic E-state index is 5.45. The second-order valence-corrected chi connectivity index (χ2v) is 7.86. The average Bonchev–Trinajstić information content (AvgIpc) is 3.16. The number of hydrogen-bond acceptors (Lipinski definition) is 6. The summed E-state index contributed by atoms with van der Waals surface area (Å²) in [7, 11) is 4.97. The minimum atomic E-state index is 0.233. The van der Waals surface area contributed by atoms with Crippen molar-refractivity contribution in [3.05, 3.63) is 47.5 Å². The van der Waals surface area contributed by atoms with E-state index in [4.69, 9.17) is 14.2 Å². The first-order valence-corrected chi connectivity index (χ1v) is 10.4. The van der Waals surface area contributed by atoms with Gasteiger partial charge in [0.2, 0.25) is 0 Å². The Morgan fingerprint density at radius 3 is 2.17 bits per heavy atom. The van der Waals surface area contributed by atoms with Crippen LogP contribution in [-0.2, 0) is 5.75 Å².